The van der Waals surface area contributed by atoms with Crippen LogP contribution in [0.4, 0.5) is 0 Å². The SMILES string of the molecule is CCn1nc(C)cc1CC(=O)C(C)(C)N(C)C. The summed E-state index contributed by atoms with van der Waals surface area (Å²) < 4.78 is 1.90. The third kappa shape index (κ3) is 2.94. The van der Waals surface area contributed by atoms with E-state index in [0.717, 1.165) is 17.9 Å². The van der Waals surface area contributed by atoms with Crippen molar-refractivity contribution in [1.82, 2.24) is 14.7 Å². The summed E-state index contributed by atoms with van der Waals surface area (Å²) in [6.45, 7) is 8.71. The minimum atomic E-state index is -0.434. The molecule has 0 unspecified atom stereocenters. The number of rotatable bonds is 5. The molecule has 0 aliphatic rings. The van der Waals surface area contributed by atoms with Crippen molar-refractivity contribution < 1.29 is 4.79 Å². The summed E-state index contributed by atoms with van der Waals surface area (Å²) >= 11 is 0. The number of ketones is 1. The zero-order valence-corrected chi connectivity index (χ0v) is 11.7. The van der Waals surface area contributed by atoms with Crippen LogP contribution in [0.2, 0.25) is 0 Å². The van der Waals surface area contributed by atoms with E-state index in [0.29, 0.717) is 6.42 Å². The Morgan fingerprint density at radius 1 is 1.47 bits per heavy atom. The van der Waals surface area contributed by atoms with E-state index in [1.165, 1.54) is 0 Å². The Morgan fingerprint density at radius 2 is 2.06 bits per heavy atom. The van der Waals surface area contributed by atoms with E-state index in [-0.39, 0.29) is 5.78 Å². The Balaban J connectivity index is 2.88. The number of Topliss-reactive ketones (excluding diaryl/α,β-unsaturated/α-hetero) is 1. The van der Waals surface area contributed by atoms with Gasteiger partial charge in [0.05, 0.1) is 17.7 Å². The predicted molar refractivity (Wildman–Crippen MR) is 69.1 cm³/mol. The monoisotopic (exact) mass is 237 g/mol. The highest BCUT2D eigenvalue weighted by Crippen LogP contribution is 2.15. The van der Waals surface area contributed by atoms with Crippen molar-refractivity contribution in [2.75, 3.05) is 14.1 Å². The lowest BCUT2D eigenvalue weighted by Crippen LogP contribution is -2.46. The molecule has 96 valence electrons. The highest BCUT2D eigenvalue weighted by Gasteiger charge is 2.30. The van der Waals surface area contributed by atoms with Crippen molar-refractivity contribution in [2.24, 2.45) is 0 Å². The van der Waals surface area contributed by atoms with E-state index in [1.54, 1.807) is 0 Å². The van der Waals surface area contributed by atoms with Gasteiger partial charge in [0, 0.05) is 12.2 Å². The molecule has 0 N–H and O–H groups in total. The maximum Gasteiger partial charge on any atom is 0.158 e. The largest absolute Gasteiger partial charge is 0.298 e. The molecule has 1 rings (SSSR count). The number of aromatic nitrogens is 2. The van der Waals surface area contributed by atoms with Crippen molar-refractivity contribution in [1.29, 1.82) is 0 Å². The van der Waals surface area contributed by atoms with Gasteiger partial charge in [-0.3, -0.25) is 14.4 Å². The van der Waals surface area contributed by atoms with Gasteiger partial charge in [0.25, 0.3) is 0 Å². The van der Waals surface area contributed by atoms with Gasteiger partial charge in [-0.05, 0) is 47.9 Å². The van der Waals surface area contributed by atoms with Crippen LogP contribution < -0.4 is 0 Å². The zero-order chi connectivity index (χ0) is 13.2. The number of carbonyl (C=O) groups is 1. The molecule has 4 heteroatoms. The number of aryl methyl sites for hydroxylation is 2. The summed E-state index contributed by atoms with van der Waals surface area (Å²) in [5.41, 5.74) is 1.54. The molecule has 0 bridgehead atoms. The molecule has 0 aromatic carbocycles. The minimum Gasteiger partial charge on any atom is -0.298 e. The molecule has 0 saturated heterocycles. The van der Waals surface area contributed by atoms with Crippen LogP contribution in [0.25, 0.3) is 0 Å². The highest BCUT2D eigenvalue weighted by molar-refractivity contribution is 5.89. The molecule has 0 aliphatic heterocycles. The van der Waals surface area contributed by atoms with Crippen LogP contribution >= 0.6 is 0 Å². The molecular weight excluding hydrogens is 214 g/mol. The van der Waals surface area contributed by atoms with E-state index < -0.39 is 5.54 Å². The molecular formula is C13H23N3O. The fourth-order valence-electron chi connectivity index (χ4n) is 1.65. The Bertz CT molecular complexity index is 405. The Labute approximate surface area is 104 Å². The average Bonchev–Trinajstić information content (AvgIpc) is 2.58. The van der Waals surface area contributed by atoms with Gasteiger partial charge in [-0.2, -0.15) is 5.10 Å². The summed E-state index contributed by atoms with van der Waals surface area (Å²) in [6, 6.07) is 1.99. The van der Waals surface area contributed by atoms with Gasteiger partial charge in [-0.15, -0.1) is 0 Å². The molecule has 0 saturated carbocycles. The molecule has 0 aliphatic carbocycles. The van der Waals surface area contributed by atoms with Crippen LogP contribution in [-0.4, -0.2) is 40.1 Å². The second-order valence-corrected chi connectivity index (χ2v) is 5.15. The third-order valence-corrected chi connectivity index (χ3v) is 3.43. The van der Waals surface area contributed by atoms with Crippen LogP contribution in [0.1, 0.15) is 32.2 Å². The summed E-state index contributed by atoms with van der Waals surface area (Å²) in [6.07, 6.45) is 0.444. The standard InChI is InChI=1S/C13H23N3O/c1-7-16-11(8-10(2)14-16)9-12(17)13(3,4)15(5)6/h8H,7,9H2,1-6H3. The molecule has 4 nitrogen and oxygen atoms in total. The van der Waals surface area contributed by atoms with E-state index in [2.05, 4.69) is 5.10 Å². The number of nitrogens with zero attached hydrogens (tertiary/aromatic N) is 3. The van der Waals surface area contributed by atoms with Gasteiger partial charge in [-0.1, -0.05) is 0 Å². The lowest BCUT2D eigenvalue weighted by molar-refractivity contribution is -0.127. The molecule has 0 atom stereocenters. The number of hydrogen-bond donors (Lipinski definition) is 0. The maximum absolute atomic E-state index is 12.3. The van der Waals surface area contributed by atoms with Crippen molar-refractivity contribution in [2.45, 2.75) is 46.2 Å². The first kappa shape index (κ1) is 13.9. The average molecular weight is 237 g/mol. The third-order valence-electron chi connectivity index (χ3n) is 3.43. The second kappa shape index (κ2) is 5.00. The molecule has 1 aromatic rings. The lowest BCUT2D eigenvalue weighted by Gasteiger charge is -2.30. The highest BCUT2D eigenvalue weighted by atomic mass is 16.1. The van der Waals surface area contributed by atoms with E-state index in [9.17, 15) is 4.79 Å². The number of carbonyl (C=O) groups excluding carboxylic acids is 1. The normalized spacial score (nSPS) is 12.2. The second-order valence-electron chi connectivity index (χ2n) is 5.15. The number of likely N-dealkylation sites (N-methyl/N-ethyl adjacent to an activating group) is 1. The van der Waals surface area contributed by atoms with Gasteiger partial charge in [-0.25, -0.2) is 0 Å². The van der Waals surface area contributed by atoms with Crippen LogP contribution in [-0.2, 0) is 17.8 Å². The van der Waals surface area contributed by atoms with Crippen molar-refractivity contribution >= 4 is 5.78 Å². The summed E-state index contributed by atoms with van der Waals surface area (Å²) in [5, 5.41) is 4.36. The summed E-state index contributed by atoms with van der Waals surface area (Å²) in [4.78, 5) is 14.2. The minimum absolute atomic E-state index is 0.220. The molecule has 1 heterocycles. The van der Waals surface area contributed by atoms with Crippen molar-refractivity contribution in [3.8, 4) is 0 Å². The van der Waals surface area contributed by atoms with Gasteiger partial charge < -0.3 is 0 Å². The number of hydrogen-bond acceptors (Lipinski definition) is 3. The summed E-state index contributed by atoms with van der Waals surface area (Å²) in [7, 11) is 3.86. The summed E-state index contributed by atoms with van der Waals surface area (Å²) in [5.74, 6) is 0.220. The molecule has 0 radical (unpaired) electrons. The first-order chi connectivity index (χ1) is 7.78. The van der Waals surface area contributed by atoms with Crippen molar-refractivity contribution in [3.05, 3.63) is 17.5 Å². The molecule has 17 heavy (non-hydrogen) atoms. The van der Waals surface area contributed by atoms with Crippen LogP contribution in [0, 0.1) is 6.92 Å². The van der Waals surface area contributed by atoms with Crippen LogP contribution in [0.5, 0.6) is 0 Å². The van der Waals surface area contributed by atoms with Gasteiger partial charge >= 0.3 is 0 Å². The Kier molecular flexibility index (Phi) is 4.09. The fourth-order valence-corrected chi connectivity index (χ4v) is 1.65. The Morgan fingerprint density at radius 3 is 2.53 bits per heavy atom. The molecule has 0 amide bonds. The lowest BCUT2D eigenvalue weighted by atomic mass is 9.94. The van der Waals surface area contributed by atoms with Crippen LogP contribution in [0.3, 0.4) is 0 Å². The van der Waals surface area contributed by atoms with E-state index in [1.807, 2.05) is 57.4 Å². The topological polar surface area (TPSA) is 38.1 Å². The predicted octanol–water partition coefficient (Wildman–Crippen LogP) is 1.66. The van der Waals surface area contributed by atoms with E-state index in [4.69, 9.17) is 0 Å². The first-order valence-electron chi connectivity index (χ1n) is 6.03. The fraction of sp³-hybridized carbons (Fsp3) is 0.692. The van der Waals surface area contributed by atoms with Crippen molar-refractivity contribution in [3.63, 3.8) is 0 Å². The molecule has 0 fully saturated rings. The Hall–Kier alpha value is -1.16. The van der Waals surface area contributed by atoms with Crippen LogP contribution in [0.15, 0.2) is 6.07 Å². The smallest absolute Gasteiger partial charge is 0.158 e. The maximum atomic E-state index is 12.3. The molecule has 0 spiro atoms. The quantitative estimate of drug-likeness (QED) is 0.781. The van der Waals surface area contributed by atoms with Gasteiger partial charge in [0.2, 0.25) is 0 Å². The van der Waals surface area contributed by atoms with Gasteiger partial charge in [0.15, 0.2) is 5.78 Å². The first-order valence-corrected chi connectivity index (χ1v) is 6.03. The molecule has 1 aromatic heterocycles. The zero-order valence-electron chi connectivity index (χ0n) is 11.7. The van der Waals surface area contributed by atoms with Gasteiger partial charge in [0.1, 0.15) is 0 Å². The van der Waals surface area contributed by atoms with E-state index >= 15 is 0 Å².